The smallest absolute Gasteiger partial charge is 0.192 e. The lowest BCUT2D eigenvalue weighted by Crippen LogP contribution is -2.46. The lowest BCUT2D eigenvalue weighted by molar-refractivity contribution is -0.129. The van der Waals surface area contributed by atoms with Crippen molar-refractivity contribution in [3.63, 3.8) is 0 Å². The highest BCUT2D eigenvalue weighted by atomic mass is 28.4. The molecule has 0 aliphatic heterocycles. The molecule has 0 N–H and O–H groups in total. The summed E-state index contributed by atoms with van der Waals surface area (Å²) in [5, 5.41) is 0.249. The maximum absolute atomic E-state index is 12.3. The molecule has 1 unspecified atom stereocenters. The second kappa shape index (κ2) is 9.44. The molecule has 28 heavy (non-hydrogen) atoms. The third-order valence-electron chi connectivity index (χ3n) is 7.35. The first kappa shape index (κ1) is 26.1. The molecule has 0 aromatic rings. The second-order valence-electron chi connectivity index (χ2n) is 12.1. The topological polar surface area (TPSA) is 35.5 Å². The minimum absolute atomic E-state index is 0.109. The highest BCUT2D eigenvalue weighted by Crippen LogP contribution is 2.47. The third-order valence-corrected chi connectivity index (χ3v) is 13.0. The van der Waals surface area contributed by atoms with Gasteiger partial charge in [0.25, 0.3) is 0 Å². The van der Waals surface area contributed by atoms with E-state index in [1.54, 1.807) is 0 Å². The van der Waals surface area contributed by atoms with E-state index in [2.05, 4.69) is 74.3 Å². The highest BCUT2D eigenvalue weighted by Gasteiger charge is 2.45. The molecule has 4 atom stereocenters. The summed E-state index contributed by atoms with van der Waals surface area (Å²) >= 11 is 0. The molecule has 1 aliphatic rings. The van der Waals surface area contributed by atoms with E-state index in [-0.39, 0.29) is 10.5 Å². The van der Waals surface area contributed by atoms with Gasteiger partial charge in [-0.25, -0.2) is 0 Å². The van der Waals surface area contributed by atoms with E-state index in [0.717, 1.165) is 32.3 Å². The summed E-state index contributed by atoms with van der Waals surface area (Å²) in [7, 11) is -3.27. The summed E-state index contributed by atoms with van der Waals surface area (Å²) in [6, 6.07) is 0. The lowest BCUT2D eigenvalue weighted by Gasteiger charge is -2.47. The van der Waals surface area contributed by atoms with Crippen molar-refractivity contribution in [1.82, 2.24) is 0 Å². The van der Waals surface area contributed by atoms with Crippen LogP contribution in [0.25, 0.3) is 0 Å². The van der Waals surface area contributed by atoms with Gasteiger partial charge in [-0.05, 0) is 74.8 Å². The van der Waals surface area contributed by atoms with Crippen molar-refractivity contribution in [3.05, 3.63) is 0 Å². The standard InChI is InChI=1S/C23H48O3Si2/c1-18-15-21(24)16-20(23(18,6)17-25-27(7,8)9)14-12-13-19(2)26-28(10,11)22(3,4)5/h18-20H,12-17H2,1-11H3/t18-,19?,20-,23-/m0/s1. The molecule has 0 aromatic heterocycles. The van der Waals surface area contributed by atoms with Crippen LogP contribution in [0.15, 0.2) is 0 Å². The van der Waals surface area contributed by atoms with Gasteiger partial charge in [-0.15, -0.1) is 0 Å². The Kier molecular flexibility index (Phi) is 8.79. The predicted molar refractivity (Wildman–Crippen MR) is 126 cm³/mol. The quantitative estimate of drug-likeness (QED) is 0.369. The van der Waals surface area contributed by atoms with E-state index >= 15 is 0 Å². The van der Waals surface area contributed by atoms with Gasteiger partial charge in [0.1, 0.15) is 5.78 Å². The normalized spacial score (nSPS) is 28.5. The Morgan fingerprint density at radius 2 is 1.71 bits per heavy atom. The van der Waals surface area contributed by atoms with Crippen LogP contribution in [-0.2, 0) is 13.6 Å². The average Bonchev–Trinajstić information content (AvgIpc) is 2.48. The van der Waals surface area contributed by atoms with Crippen molar-refractivity contribution < 1.29 is 13.6 Å². The molecule has 0 bridgehead atoms. The summed E-state index contributed by atoms with van der Waals surface area (Å²) in [5.74, 6) is 1.27. The Morgan fingerprint density at radius 3 is 2.21 bits per heavy atom. The third kappa shape index (κ3) is 7.37. The number of carbonyl (C=O) groups is 1. The minimum atomic E-state index is -1.71. The molecule has 5 heteroatoms. The van der Waals surface area contributed by atoms with E-state index < -0.39 is 16.6 Å². The van der Waals surface area contributed by atoms with Gasteiger partial charge < -0.3 is 8.85 Å². The van der Waals surface area contributed by atoms with Crippen molar-refractivity contribution in [3.8, 4) is 0 Å². The molecule has 1 rings (SSSR count). The van der Waals surface area contributed by atoms with Gasteiger partial charge in [0, 0.05) is 25.6 Å². The number of carbonyl (C=O) groups excluding carboxylic acids is 1. The predicted octanol–water partition coefficient (Wildman–Crippen LogP) is 7.04. The maximum atomic E-state index is 12.3. The zero-order valence-corrected chi connectivity index (χ0v) is 22.7. The summed E-state index contributed by atoms with van der Waals surface area (Å²) in [6.45, 7) is 26.0. The van der Waals surface area contributed by atoms with Crippen molar-refractivity contribution in [2.45, 2.75) is 118 Å². The molecule has 1 saturated carbocycles. The fourth-order valence-electron chi connectivity index (χ4n) is 4.02. The monoisotopic (exact) mass is 428 g/mol. The van der Waals surface area contributed by atoms with Crippen LogP contribution in [-0.4, -0.2) is 35.1 Å². The van der Waals surface area contributed by atoms with Crippen molar-refractivity contribution in [2.75, 3.05) is 6.61 Å². The van der Waals surface area contributed by atoms with Crippen LogP contribution in [0.2, 0.25) is 37.8 Å². The fourth-order valence-corrected chi connectivity index (χ4v) is 6.24. The first-order valence-electron chi connectivity index (χ1n) is 11.3. The van der Waals surface area contributed by atoms with Crippen molar-refractivity contribution >= 4 is 22.4 Å². The van der Waals surface area contributed by atoms with E-state index in [9.17, 15) is 4.79 Å². The number of Topliss-reactive ketones (excluding diaryl/α,β-unsaturated/α-hetero) is 1. The maximum Gasteiger partial charge on any atom is 0.192 e. The molecule has 0 saturated heterocycles. The van der Waals surface area contributed by atoms with Gasteiger partial charge in [-0.3, -0.25) is 4.79 Å². The van der Waals surface area contributed by atoms with Crippen molar-refractivity contribution in [1.29, 1.82) is 0 Å². The van der Waals surface area contributed by atoms with E-state index in [0.29, 0.717) is 30.1 Å². The second-order valence-corrected chi connectivity index (χ2v) is 21.3. The molecule has 0 heterocycles. The van der Waals surface area contributed by atoms with Gasteiger partial charge in [-0.2, -0.15) is 0 Å². The number of rotatable bonds is 9. The Balaban J connectivity index is 2.69. The van der Waals surface area contributed by atoms with Crippen LogP contribution in [0.3, 0.4) is 0 Å². The molecular formula is C23H48O3Si2. The zero-order valence-electron chi connectivity index (χ0n) is 20.7. The molecule has 1 fully saturated rings. The Hall–Kier alpha value is 0.0238. The lowest BCUT2D eigenvalue weighted by atomic mass is 9.60. The molecule has 0 radical (unpaired) electrons. The van der Waals surface area contributed by atoms with Crippen LogP contribution in [0.4, 0.5) is 0 Å². The van der Waals surface area contributed by atoms with E-state index in [4.69, 9.17) is 8.85 Å². The van der Waals surface area contributed by atoms with Gasteiger partial charge in [0.05, 0.1) is 0 Å². The van der Waals surface area contributed by atoms with Crippen LogP contribution < -0.4 is 0 Å². The van der Waals surface area contributed by atoms with Gasteiger partial charge in [0.15, 0.2) is 16.6 Å². The largest absolute Gasteiger partial charge is 0.417 e. The van der Waals surface area contributed by atoms with Gasteiger partial charge >= 0.3 is 0 Å². The molecule has 166 valence electrons. The summed E-state index contributed by atoms with van der Waals surface area (Å²) in [6.07, 6.45) is 5.05. The SMILES string of the molecule is CC(CCC[C@H]1CC(=O)C[C@H](C)[C@]1(C)CO[Si](C)(C)C)O[Si](C)(C)C(C)(C)C. The van der Waals surface area contributed by atoms with Crippen LogP contribution in [0.5, 0.6) is 0 Å². The van der Waals surface area contributed by atoms with Gasteiger partial charge in [0.2, 0.25) is 0 Å². The van der Waals surface area contributed by atoms with Crippen LogP contribution in [0.1, 0.15) is 73.6 Å². The molecule has 0 amide bonds. The van der Waals surface area contributed by atoms with Crippen LogP contribution in [0, 0.1) is 17.3 Å². The Labute approximate surface area is 177 Å². The first-order chi connectivity index (χ1) is 12.5. The number of hydrogen-bond acceptors (Lipinski definition) is 3. The summed E-state index contributed by atoms with van der Waals surface area (Å²) in [4.78, 5) is 12.3. The fraction of sp³-hybridized carbons (Fsp3) is 0.957. The molecule has 1 aliphatic carbocycles. The molecule has 0 aromatic carbocycles. The Morgan fingerprint density at radius 1 is 1.14 bits per heavy atom. The number of hydrogen-bond donors (Lipinski definition) is 0. The van der Waals surface area contributed by atoms with Crippen LogP contribution >= 0.6 is 0 Å². The summed E-state index contributed by atoms with van der Waals surface area (Å²) < 4.78 is 12.9. The molecule has 3 nitrogen and oxygen atoms in total. The van der Waals surface area contributed by atoms with Gasteiger partial charge in [-0.1, -0.05) is 41.0 Å². The highest BCUT2D eigenvalue weighted by molar-refractivity contribution is 6.74. The van der Waals surface area contributed by atoms with Crippen molar-refractivity contribution in [2.24, 2.45) is 17.3 Å². The minimum Gasteiger partial charge on any atom is -0.417 e. The average molecular weight is 429 g/mol. The zero-order chi connectivity index (χ0) is 22.0. The molecule has 0 spiro atoms. The Bertz CT molecular complexity index is 519. The molecular weight excluding hydrogens is 380 g/mol. The first-order valence-corrected chi connectivity index (χ1v) is 17.6. The number of ketones is 1. The van der Waals surface area contributed by atoms with E-state index in [1.165, 1.54) is 0 Å². The van der Waals surface area contributed by atoms with E-state index in [1.807, 2.05) is 0 Å². The summed E-state index contributed by atoms with van der Waals surface area (Å²) in [5.41, 5.74) is 0.109.